The van der Waals surface area contributed by atoms with E-state index in [1.54, 1.807) is 4.90 Å². The van der Waals surface area contributed by atoms with Gasteiger partial charge in [0.2, 0.25) is 11.8 Å². The summed E-state index contributed by atoms with van der Waals surface area (Å²) in [5.74, 6) is -0.179. The molecule has 1 aromatic heterocycles. The average molecular weight is 449 g/mol. The number of hydrogen-bond acceptors (Lipinski definition) is 5. The average Bonchev–Trinajstić information content (AvgIpc) is 2.76. The second kappa shape index (κ2) is 10.6. The first kappa shape index (κ1) is 23.7. The monoisotopic (exact) mass is 449 g/mol. The molecule has 0 saturated heterocycles. The molecule has 1 aliphatic carbocycles. The van der Waals surface area contributed by atoms with Crippen molar-refractivity contribution in [1.29, 1.82) is 0 Å². The smallest absolute Gasteiger partial charge is 0.388 e. The lowest BCUT2D eigenvalue weighted by molar-refractivity contribution is -0.0525. The van der Waals surface area contributed by atoms with E-state index < -0.39 is 18.5 Å². The largest absolute Gasteiger partial charge is 0.481 e. The zero-order chi connectivity index (χ0) is 23.3. The van der Waals surface area contributed by atoms with Crippen molar-refractivity contribution in [2.75, 3.05) is 17.3 Å². The SMILES string of the molecule is COc1ccc(NC(=O)N(c2ccccc2C(C)C)C2CCC(O)CC2)c(OC(F)F)n1. The fourth-order valence-electron chi connectivity index (χ4n) is 3.97. The Morgan fingerprint density at radius 3 is 2.47 bits per heavy atom. The van der Waals surface area contributed by atoms with E-state index in [0.717, 1.165) is 11.3 Å². The predicted molar refractivity (Wildman–Crippen MR) is 118 cm³/mol. The molecule has 0 aliphatic heterocycles. The molecule has 1 saturated carbocycles. The Balaban J connectivity index is 1.97. The molecule has 3 rings (SSSR count). The lowest BCUT2D eigenvalue weighted by Crippen LogP contribution is -2.46. The van der Waals surface area contributed by atoms with Crippen molar-refractivity contribution in [3.05, 3.63) is 42.0 Å². The van der Waals surface area contributed by atoms with Crippen molar-refractivity contribution in [1.82, 2.24) is 4.98 Å². The summed E-state index contributed by atoms with van der Waals surface area (Å²) in [6, 6.07) is 9.87. The number of para-hydroxylation sites is 1. The summed E-state index contributed by atoms with van der Waals surface area (Å²) in [5, 5.41) is 12.6. The minimum Gasteiger partial charge on any atom is -0.481 e. The molecular formula is C23H29F2N3O4. The van der Waals surface area contributed by atoms with Gasteiger partial charge in [-0.15, -0.1) is 0 Å². The number of rotatable bonds is 7. The molecule has 2 N–H and O–H groups in total. The summed E-state index contributed by atoms with van der Waals surface area (Å²) in [6.07, 6.45) is 2.04. The molecule has 0 radical (unpaired) electrons. The summed E-state index contributed by atoms with van der Waals surface area (Å²) >= 11 is 0. The van der Waals surface area contributed by atoms with Crippen LogP contribution in [0, 0.1) is 0 Å². The second-order valence-corrected chi connectivity index (χ2v) is 8.06. The quantitative estimate of drug-likeness (QED) is 0.610. The number of nitrogens with zero attached hydrogens (tertiary/aromatic N) is 2. The van der Waals surface area contributed by atoms with Crippen LogP contribution >= 0.6 is 0 Å². The van der Waals surface area contributed by atoms with E-state index in [9.17, 15) is 18.7 Å². The zero-order valence-electron chi connectivity index (χ0n) is 18.4. The molecule has 0 atom stereocenters. The highest BCUT2D eigenvalue weighted by atomic mass is 19.3. The van der Waals surface area contributed by atoms with Crippen LogP contribution in [0.3, 0.4) is 0 Å². The molecule has 7 nitrogen and oxygen atoms in total. The number of anilines is 2. The number of nitrogens with one attached hydrogen (secondary N) is 1. The number of hydrogen-bond donors (Lipinski definition) is 2. The first-order chi connectivity index (χ1) is 15.3. The van der Waals surface area contributed by atoms with Gasteiger partial charge in [-0.05, 0) is 49.3 Å². The van der Waals surface area contributed by atoms with E-state index in [1.165, 1.54) is 19.2 Å². The molecular weight excluding hydrogens is 420 g/mol. The molecule has 1 aromatic carbocycles. The fraction of sp³-hybridized carbons (Fsp3) is 0.478. The van der Waals surface area contributed by atoms with Crippen LogP contribution in [0.4, 0.5) is 25.0 Å². The van der Waals surface area contributed by atoms with Crippen molar-refractivity contribution in [2.45, 2.75) is 64.2 Å². The number of benzene rings is 1. The Morgan fingerprint density at radius 1 is 1.16 bits per heavy atom. The van der Waals surface area contributed by atoms with Crippen LogP contribution in [-0.4, -0.2) is 42.0 Å². The van der Waals surface area contributed by atoms with Gasteiger partial charge in [0.15, 0.2) is 0 Å². The zero-order valence-corrected chi connectivity index (χ0v) is 18.4. The molecule has 0 bridgehead atoms. The third-order valence-electron chi connectivity index (χ3n) is 5.55. The second-order valence-electron chi connectivity index (χ2n) is 8.06. The predicted octanol–water partition coefficient (Wildman–Crippen LogP) is 5.16. The van der Waals surface area contributed by atoms with Crippen LogP contribution in [0.5, 0.6) is 11.8 Å². The summed E-state index contributed by atoms with van der Waals surface area (Å²) in [7, 11) is 1.36. The van der Waals surface area contributed by atoms with E-state index in [4.69, 9.17) is 4.74 Å². The number of ether oxygens (including phenoxy) is 2. The van der Waals surface area contributed by atoms with Gasteiger partial charge in [-0.3, -0.25) is 4.90 Å². The highest BCUT2D eigenvalue weighted by Gasteiger charge is 2.31. The lowest BCUT2D eigenvalue weighted by Gasteiger charge is -2.37. The number of methoxy groups -OCH3 is 1. The van der Waals surface area contributed by atoms with Gasteiger partial charge in [-0.2, -0.15) is 13.8 Å². The number of aliphatic hydroxyl groups is 1. The lowest BCUT2D eigenvalue weighted by atomic mass is 9.90. The molecule has 0 spiro atoms. The van der Waals surface area contributed by atoms with E-state index in [1.807, 2.05) is 38.1 Å². The molecule has 2 amide bonds. The van der Waals surface area contributed by atoms with Crippen LogP contribution in [0.2, 0.25) is 0 Å². The van der Waals surface area contributed by atoms with Crippen LogP contribution in [0.15, 0.2) is 36.4 Å². The summed E-state index contributed by atoms with van der Waals surface area (Å²) in [6.45, 7) is 0.978. The molecule has 2 aromatic rings. The summed E-state index contributed by atoms with van der Waals surface area (Å²) < 4.78 is 35.3. The van der Waals surface area contributed by atoms with Crippen molar-refractivity contribution >= 4 is 17.4 Å². The van der Waals surface area contributed by atoms with Crippen LogP contribution < -0.4 is 19.7 Å². The van der Waals surface area contributed by atoms with Gasteiger partial charge < -0.3 is 19.9 Å². The van der Waals surface area contributed by atoms with Gasteiger partial charge in [0.25, 0.3) is 0 Å². The number of aromatic nitrogens is 1. The van der Waals surface area contributed by atoms with Crippen molar-refractivity contribution in [3.8, 4) is 11.8 Å². The Bertz CT molecular complexity index is 918. The van der Waals surface area contributed by atoms with Gasteiger partial charge in [-0.25, -0.2) is 4.79 Å². The van der Waals surface area contributed by atoms with Gasteiger partial charge in [0.05, 0.1) is 13.2 Å². The molecule has 1 aliphatic rings. The number of aliphatic hydroxyl groups excluding tert-OH is 1. The maximum Gasteiger partial charge on any atom is 0.388 e. The normalized spacial score (nSPS) is 18.5. The number of pyridine rings is 1. The Hall–Kier alpha value is -2.94. The molecule has 0 unspecified atom stereocenters. The third kappa shape index (κ3) is 5.64. The molecule has 1 heterocycles. The minimum atomic E-state index is -3.11. The number of amides is 2. The maximum atomic E-state index is 13.5. The van der Waals surface area contributed by atoms with E-state index in [-0.39, 0.29) is 29.6 Å². The van der Waals surface area contributed by atoms with Crippen molar-refractivity contribution < 1.29 is 28.2 Å². The number of alkyl halides is 2. The topological polar surface area (TPSA) is 83.9 Å². The molecule has 9 heteroatoms. The Kier molecular flexibility index (Phi) is 7.84. The molecule has 32 heavy (non-hydrogen) atoms. The number of urea groups is 1. The van der Waals surface area contributed by atoms with Crippen LogP contribution in [-0.2, 0) is 0 Å². The summed E-state index contributed by atoms with van der Waals surface area (Å²) in [4.78, 5) is 19.1. The number of halogens is 2. The van der Waals surface area contributed by atoms with E-state index in [0.29, 0.717) is 25.7 Å². The van der Waals surface area contributed by atoms with Crippen molar-refractivity contribution in [2.24, 2.45) is 0 Å². The standard InChI is InChI=1S/C23H29F2N3O4/c1-14(2)17-6-4-5-7-19(17)28(15-8-10-16(29)11-9-15)23(30)26-18-12-13-20(31-3)27-21(18)32-22(24)25/h4-7,12-16,22,29H,8-11H2,1-3H3,(H,26,30). The third-order valence-corrected chi connectivity index (χ3v) is 5.55. The van der Waals surface area contributed by atoms with Gasteiger partial charge in [0.1, 0.15) is 5.69 Å². The van der Waals surface area contributed by atoms with E-state index in [2.05, 4.69) is 15.0 Å². The van der Waals surface area contributed by atoms with Gasteiger partial charge in [0, 0.05) is 17.8 Å². The maximum absolute atomic E-state index is 13.5. The molecule has 174 valence electrons. The van der Waals surface area contributed by atoms with Crippen molar-refractivity contribution in [3.63, 3.8) is 0 Å². The highest BCUT2D eigenvalue weighted by Crippen LogP contribution is 2.35. The highest BCUT2D eigenvalue weighted by molar-refractivity contribution is 6.03. The summed E-state index contributed by atoms with van der Waals surface area (Å²) in [5.41, 5.74) is 1.75. The first-order valence-electron chi connectivity index (χ1n) is 10.7. The minimum absolute atomic E-state index is 0.0129. The Morgan fingerprint density at radius 2 is 1.84 bits per heavy atom. The van der Waals surface area contributed by atoms with Crippen LogP contribution in [0.1, 0.15) is 51.0 Å². The van der Waals surface area contributed by atoms with Gasteiger partial charge >= 0.3 is 12.6 Å². The Labute approximate surface area is 186 Å². The van der Waals surface area contributed by atoms with Gasteiger partial charge in [-0.1, -0.05) is 32.0 Å². The molecule has 1 fully saturated rings. The number of carbonyl (C=O) groups excluding carboxylic acids is 1. The van der Waals surface area contributed by atoms with Crippen LogP contribution in [0.25, 0.3) is 0 Å². The number of carbonyl (C=O) groups is 1. The fourth-order valence-corrected chi connectivity index (χ4v) is 3.97. The first-order valence-corrected chi connectivity index (χ1v) is 10.7. The van der Waals surface area contributed by atoms with E-state index >= 15 is 0 Å².